The number of carbonyl (C=O) groups is 2. The van der Waals surface area contributed by atoms with Gasteiger partial charge in [0.05, 0.1) is 6.61 Å². The van der Waals surface area contributed by atoms with Crippen LogP contribution in [0.5, 0.6) is 0 Å². The summed E-state index contributed by atoms with van der Waals surface area (Å²) in [6, 6.07) is -1.27. The summed E-state index contributed by atoms with van der Waals surface area (Å²) in [7, 11) is 0. The van der Waals surface area contributed by atoms with Crippen LogP contribution in [0.2, 0.25) is 0 Å². The minimum atomic E-state index is -0.972. The highest BCUT2D eigenvalue weighted by Crippen LogP contribution is 2.01. The third-order valence-electron chi connectivity index (χ3n) is 1.97. The second-order valence-electron chi connectivity index (χ2n) is 3.32. The van der Waals surface area contributed by atoms with E-state index in [0.29, 0.717) is 13.0 Å². The number of carboxylic acids is 1. The van der Waals surface area contributed by atoms with Gasteiger partial charge in [-0.1, -0.05) is 13.3 Å². The van der Waals surface area contributed by atoms with Gasteiger partial charge in [0, 0.05) is 0 Å². The first-order valence-electron chi connectivity index (χ1n) is 5.18. The van der Waals surface area contributed by atoms with Gasteiger partial charge >= 0.3 is 11.9 Å². The number of ether oxygens (including phenoxy) is 1. The van der Waals surface area contributed by atoms with E-state index in [9.17, 15) is 9.59 Å². The maximum Gasteiger partial charge on any atom is 0.323 e. The van der Waals surface area contributed by atoms with Crippen molar-refractivity contribution in [2.75, 3.05) is 6.61 Å². The number of esters is 1. The Balaban J connectivity index is -0.000000980. The number of nitrogens with one attached hydrogen (secondary N) is 1. The molecule has 0 amide bonds. The van der Waals surface area contributed by atoms with Crippen LogP contribution in [0.25, 0.3) is 0 Å². The first-order valence-corrected chi connectivity index (χ1v) is 5.18. The number of hydrogen-bond acceptors (Lipinski definition) is 4. The van der Waals surface area contributed by atoms with E-state index in [1.54, 1.807) is 6.92 Å². The van der Waals surface area contributed by atoms with Gasteiger partial charge in [0.2, 0.25) is 0 Å². The predicted molar refractivity (Wildman–Crippen MR) is 76.3 cm³/mol. The molecule has 0 bridgehead atoms. The molecule has 1 unspecified atom stereocenters. The Kier molecular flexibility index (Phi) is 15.5. The zero-order valence-electron chi connectivity index (χ0n) is 10.4. The largest absolute Gasteiger partial charge is 0.480 e. The van der Waals surface area contributed by atoms with Gasteiger partial charge in [-0.3, -0.25) is 14.9 Å². The normalized spacial score (nSPS) is 12.6. The Morgan fingerprint density at radius 2 is 1.82 bits per heavy atom. The number of hydrogen-bond donors (Lipinski definition) is 2. The van der Waals surface area contributed by atoms with E-state index in [-0.39, 0.29) is 33.0 Å². The van der Waals surface area contributed by atoms with Gasteiger partial charge in [-0.2, -0.15) is 27.0 Å². The first-order chi connectivity index (χ1) is 7.02. The lowest BCUT2D eigenvalue weighted by Gasteiger charge is -2.18. The standard InChI is InChI=1S/C10H19NO4.2H2S/c1-4-6-8(10(14)15-5-2)11-7(3)9(12)13;;/h7-8,11H,4-6H2,1-3H3,(H,12,13);2*1H2/t7-,8?;;/m0../s1. The lowest BCUT2D eigenvalue weighted by Crippen LogP contribution is -2.46. The van der Waals surface area contributed by atoms with Crippen LogP contribution in [-0.4, -0.2) is 35.7 Å². The van der Waals surface area contributed by atoms with Crippen LogP contribution in [0.1, 0.15) is 33.6 Å². The molecule has 0 aliphatic carbocycles. The number of carboxylic acid groups (broad SMARTS) is 1. The topological polar surface area (TPSA) is 75.6 Å². The number of aliphatic carboxylic acids is 1. The monoisotopic (exact) mass is 285 g/mol. The van der Waals surface area contributed by atoms with E-state index < -0.39 is 18.1 Å². The third-order valence-corrected chi connectivity index (χ3v) is 1.97. The molecule has 0 saturated heterocycles. The summed E-state index contributed by atoms with van der Waals surface area (Å²) < 4.78 is 4.84. The fourth-order valence-electron chi connectivity index (χ4n) is 1.17. The molecule has 0 spiro atoms. The Bertz CT molecular complexity index is 226. The molecule has 0 rings (SSSR count). The lowest BCUT2D eigenvalue weighted by atomic mass is 10.1. The highest BCUT2D eigenvalue weighted by Gasteiger charge is 2.23. The van der Waals surface area contributed by atoms with Gasteiger partial charge in [-0.15, -0.1) is 0 Å². The second-order valence-corrected chi connectivity index (χ2v) is 3.32. The Labute approximate surface area is 116 Å². The van der Waals surface area contributed by atoms with Gasteiger partial charge < -0.3 is 9.84 Å². The maximum absolute atomic E-state index is 11.4. The summed E-state index contributed by atoms with van der Waals surface area (Å²) in [5, 5.41) is 11.4. The summed E-state index contributed by atoms with van der Waals surface area (Å²) in [5.74, 6) is -1.35. The zero-order valence-corrected chi connectivity index (χ0v) is 12.4. The Hall–Kier alpha value is -0.400. The molecule has 2 atom stereocenters. The summed E-state index contributed by atoms with van der Waals surface area (Å²) in [6.45, 7) is 5.47. The van der Waals surface area contributed by atoms with Gasteiger partial charge in [0.15, 0.2) is 0 Å². The SMILES string of the molecule is CCCC(N[C@@H](C)C(=O)O)C(=O)OCC.S.S. The van der Waals surface area contributed by atoms with Crippen molar-refractivity contribution in [3.05, 3.63) is 0 Å². The molecule has 0 radical (unpaired) electrons. The average molecular weight is 285 g/mol. The zero-order chi connectivity index (χ0) is 11.8. The number of rotatable bonds is 7. The molecule has 0 heterocycles. The molecule has 2 N–H and O–H groups in total. The van der Waals surface area contributed by atoms with E-state index in [1.807, 2.05) is 6.92 Å². The molecule has 5 nitrogen and oxygen atoms in total. The van der Waals surface area contributed by atoms with Crippen LogP contribution in [-0.2, 0) is 14.3 Å². The summed E-state index contributed by atoms with van der Waals surface area (Å²) >= 11 is 0. The maximum atomic E-state index is 11.4. The van der Waals surface area contributed by atoms with E-state index in [4.69, 9.17) is 9.84 Å². The van der Waals surface area contributed by atoms with E-state index in [0.717, 1.165) is 6.42 Å². The quantitative estimate of drug-likeness (QED) is 0.683. The lowest BCUT2D eigenvalue weighted by molar-refractivity contribution is -0.147. The highest BCUT2D eigenvalue weighted by atomic mass is 32.1. The molecule has 0 aromatic carbocycles. The first kappa shape index (κ1) is 21.8. The molecule has 17 heavy (non-hydrogen) atoms. The molecule has 0 fully saturated rings. The van der Waals surface area contributed by atoms with Crippen molar-refractivity contribution in [2.24, 2.45) is 0 Å². The smallest absolute Gasteiger partial charge is 0.323 e. The van der Waals surface area contributed by atoms with Crippen molar-refractivity contribution >= 4 is 38.9 Å². The van der Waals surface area contributed by atoms with Gasteiger partial charge in [0.25, 0.3) is 0 Å². The molecular formula is C10H23NO4S2. The molecule has 0 aliphatic rings. The van der Waals surface area contributed by atoms with Crippen molar-refractivity contribution in [3.8, 4) is 0 Å². The molecule has 7 heteroatoms. The molecule has 0 aliphatic heterocycles. The van der Waals surface area contributed by atoms with Crippen LogP contribution >= 0.6 is 27.0 Å². The summed E-state index contributed by atoms with van der Waals surface area (Å²) in [5.41, 5.74) is 0. The van der Waals surface area contributed by atoms with E-state index in [1.165, 1.54) is 6.92 Å². The third kappa shape index (κ3) is 9.31. The van der Waals surface area contributed by atoms with Crippen molar-refractivity contribution in [3.63, 3.8) is 0 Å². The minimum Gasteiger partial charge on any atom is -0.480 e. The average Bonchev–Trinajstić information content (AvgIpc) is 2.17. The fourth-order valence-corrected chi connectivity index (χ4v) is 1.17. The van der Waals surface area contributed by atoms with Crippen LogP contribution in [0, 0.1) is 0 Å². The van der Waals surface area contributed by atoms with Crippen molar-refractivity contribution in [1.82, 2.24) is 5.32 Å². The molecule has 0 aromatic rings. The van der Waals surface area contributed by atoms with Crippen molar-refractivity contribution < 1.29 is 19.4 Å². The molecule has 0 aromatic heterocycles. The Morgan fingerprint density at radius 1 is 1.29 bits per heavy atom. The molecule has 104 valence electrons. The van der Waals surface area contributed by atoms with Crippen LogP contribution in [0.3, 0.4) is 0 Å². The van der Waals surface area contributed by atoms with Gasteiger partial charge in [0.1, 0.15) is 12.1 Å². The van der Waals surface area contributed by atoms with E-state index >= 15 is 0 Å². The van der Waals surface area contributed by atoms with Crippen LogP contribution in [0.15, 0.2) is 0 Å². The van der Waals surface area contributed by atoms with Crippen molar-refractivity contribution in [2.45, 2.75) is 45.7 Å². The van der Waals surface area contributed by atoms with Crippen LogP contribution in [0.4, 0.5) is 0 Å². The Morgan fingerprint density at radius 3 is 2.18 bits per heavy atom. The van der Waals surface area contributed by atoms with Crippen LogP contribution < -0.4 is 5.32 Å². The van der Waals surface area contributed by atoms with Gasteiger partial charge in [-0.05, 0) is 20.3 Å². The summed E-state index contributed by atoms with van der Waals surface area (Å²) in [4.78, 5) is 22.0. The second kappa shape index (κ2) is 12.1. The highest BCUT2D eigenvalue weighted by molar-refractivity contribution is 7.59. The van der Waals surface area contributed by atoms with Crippen molar-refractivity contribution in [1.29, 1.82) is 0 Å². The van der Waals surface area contributed by atoms with Gasteiger partial charge in [-0.25, -0.2) is 0 Å². The minimum absolute atomic E-state index is 0. The fraction of sp³-hybridized carbons (Fsp3) is 0.800. The van der Waals surface area contributed by atoms with E-state index in [2.05, 4.69) is 5.32 Å². The number of carbonyl (C=O) groups excluding carboxylic acids is 1. The predicted octanol–water partition coefficient (Wildman–Crippen LogP) is 1.01. The molecule has 0 saturated carbocycles. The molecular weight excluding hydrogens is 262 g/mol. The summed E-state index contributed by atoms with van der Waals surface area (Å²) in [6.07, 6.45) is 1.37.